The first-order chi connectivity index (χ1) is 6.45. The van der Waals surface area contributed by atoms with Gasteiger partial charge in [0.15, 0.2) is 5.96 Å². The van der Waals surface area contributed by atoms with E-state index in [9.17, 15) is 10.1 Å². The van der Waals surface area contributed by atoms with Crippen molar-refractivity contribution in [2.75, 3.05) is 6.54 Å². The summed E-state index contributed by atoms with van der Waals surface area (Å²) in [7, 11) is 0. The van der Waals surface area contributed by atoms with Crippen molar-refractivity contribution in [3.05, 3.63) is 10.1 Å². The molecule has 82 valence electrons. The van der Waals surface area contributed by atoms with E-state index in [-0.39, 0.29) is 5.96 Å². The van der Waals surface area contributed by atoms with E-state index in [2.05, 4.69) is 5.32 Å². The van der Waals surface area contributed by atoms with Crippen LogP contribution >= 0.6 is 0 Å². The molecular formula is C6H15N5O3. The average molecular weight is 205 g/mol. The van der Waals surface area contributed by atoms with Crippen molar-refractivity contribution in [1.29, 1.82) is 5.41 Å². The van der Waals surface area contributed by atoms with Gasteiger partial charge in [0.05, 0.1) is 11.0 Å². The van der Waals surface area contributed by atoms with Gasteiger partial charge >= 0.3 is 6.23 Å². The summed E-state index contributed by atoms with van der Waals surface area (Å²) in [6, 6.07) is -0.890. The highest BCUT2D eigenvalue weighted by Crippen LogP contribution is 1.99. The number of aliphatic hydroxyl groups is 1. The van der Waals surface area contributed by atoms with Crippen molar-refractivity contribution < 1.29 is 10.0 Å². The van der Waals surface area contributed by atoms with E-state index in [0.717, 1.165) is 0 Å². The Balaban J connectivity index is 3.58. The summed E-state index contributed by atoms with van der Waals surface area (Å²) < 4.78 is 0. The zero-order valence-electron chi connectivity index (χ0n) is 7.64. The van der Waals surface area contributed by atoms with Crippen LogP contribution < -0.4 is 16.8 Å². The molecule has 0 bridgehead atoms. The van der Waals surface area contributed by atoms with Gasteiger partial charge in [-0.25, -0.2) is 0 Å². The van der Waals surface area contributed by atoms with E-state index in [1.807, 2.05) is 0 Å². The van der Waals surface area contributed by atoms with Crippen LogP contribution in [0, 0.1) is 15.5 Å². The second kappa shape index (κ2) is 6.11. The molecule has 0 aromatic carbocycles. The fraction of sp³-hybridized carbons (Fsp3) is 0.833. The molecule has 0 amide bonds. The maximum atomic E-state index is 10.1. The van der Waals surface area contributed by atoms with Gasteiger partial charge in [-0.05, 0) is 12.8 Å². The molecule has 0 saturated heterocycles. The van der Waals surface area contributed by atoms with Gasteiger partial charge in [-0.3, -0.25) is 15.5 Å². The van der Waals surface area contributed by atoms with Crippen LogP contribution in [0.4, 0.5) is 0 Å². The highest BCUT2D eigenvalue weighted by atomic mass is 16.7. The molecule has 8 nitrogen and oxygen atoms in total. The average Bonchev–Trinajstić information content (AvgIpc) is 2.10. The van der Waals surface area contributed by atoms with Crippen molar-refractivity contribution in [3.8, 4) is 0 Å². The third-order valence-corrected chi connectivity index (χ3v) is 1.63. The Kier molecular flexibility index (Phi) is 5.49. The minimum Gasteiger partial charge on any atom is -0.370 e. The lowest BCUT2D eigenvalue weighted by molar-refractivity contribution is -0.573. The Morgan fingerprint density at radius 1 is 1.71 bits per heavy atom. The maximum Gasteiger partial charge on any atom is 0.328 e. The van der Waals surface area contributed by atoms with Gasteiger partial charge in [-0.2, -0.15) is 0 Å². The van der Waals surface area contributed by atoms with Crippen molar-refractivity contribution >= 4 is 5.96 Å². The minimum absolute atomic E-state index is 0.159. The van der Waals surface area contributed by atoms with Crippen LogP contribution in [0.3, 0.4) is 0 Å². The van der Waals surface area contributed by atoms with E-state index < -0.39 is 17.2 Å². The molecule has 0 aliphatic carbocycles. The standard InChI is InChI=1S/C6H15N5O3/c7-4(5(12)11(13)14)2-1-3-10-6(8)9/h4-5,12H,1-3,7H2,(H4,8,9,10)/t4-,5?/m0/s1. The molecule has 1 unspecified atom stereocenters. The zero-order valence-corrected chi connectivity index (χ0v) is 7.64. The molecule has 0 rings (SSSR count). The lowest BCUT2D eigenvalue weighted by atomic mass is 10.1. The first-order valence-corrected chi connectivity index (χ1v) is 4.10. The molecule has 0 saturated carbocycles. The van der Waals surface area contributed by atoms with Gasteiger partial charge in [0.1, 0.15) is 0 Å². The molecule has 2 atom stereocenters. The van der Waals surface area contributed by atoms with E-state index in [1.54, 1.807) is 0 Å². The summed E-state index contributed by atoms with van der Waals surface area (Å²) in [4.78, 5) is 9.26. The largest absolute Gasteiger partial charge is 0.370 e. The SMILES string of the molecule is N=C(N)NCCC[C@H](N)C(O)[N+](=O)[O-]. The summed E-state index contributed by atoms with van der Waals surface area (Å²) in [6.07, 6.45) is -0.930. The zero-order chi connectivity index (χ0) is 11.1. The minimum atomic E-state index is -1.73. The number of guanidine groups is 1. The van der Waals surface area contributed by atoms with E-state index in [0.29, 0.717) is 19.4 Å². The quantitative estimate of drug-likeness (QED) is 0.0858. The molecule has 0 heterocycles. The third-order valence-electron chi connectivity index (χ3n) is 1.63. The van der Waals surface area contributed by atoms with Crippen molar-refractivity contribution in [2.24, 2.45) is 11.5 Å². The lowest BCUT2D eigenvalue weighted by Crippen LogP contribution is -2.41. The van der Waals surface area contributed by atoms with Crippen LogP contribution in [0.25, 0.3) is 0 Å². The number of nitrogens with two attached hydrogens (primary N) is 2. The molecule has 0 spiro atoms. The molecule has 8 heteroatoms. The van der Waals surface area contributed by atoms with Crippen molar-refractivity contribution in [3.63, 3.8) is 0 Å². The van der Waals surface area contributed by atoms with Crippen molar-refractivity contribution in [1.82, 2.24) is 5.32 Å². The van der Waals surface area contributed by atoms with Gasteiger partial charge in [-0.1, -0.05) is 0 Å². The van der Waals surface area contributed by atoms with Gasteiger partial charge in [0, 0.05) is 6.54 Å². The van der Waals surface area contributed by atoms with Crippen LogP contribution in [-0.2, 0) is 0 Å². The predicted octanol–water partition coefficient (Wildman–Crippen LogP) is -1.83. The van der Waals surface area contributed by atoms with Crippen LogP contribution in [0.15, 0.2) is 0 Å². The number of nitrogens with one attached hydrogen (secondary N) is 2. The first kappa shape index (κ1) is 12.6. The maximum absolute atomic E-state index is 10.1. The molecule has 0 aliphatic rings. The number of aliphatic hydroxyl groups excluding tert-OH is 1. The van der Waals surface area contributed by atoms with Crippen LogP contribution in [-0.4, -0.2) is 34.8 Å². The van der Waals surface area contributed by atoms with E-state index in [1.165, 1.54) is 0 Å². The molecule has 0 aromatic heterocycles. The molecule has 0 fully saturated rings. The normalized spacial score (nSPS) is 14.4. The summed E-state index contributed by atoms with van der Waals surface area (Å²) in [5.74, 6) is -0.159. The second-order valence-electron chi connectivity index (χ2n) is 2.85. The van der Waals surface area contributed by atoms with Crippen LogP contribution in [0.5, 0.6) is 0 Å². The summed E-state index contributed by atoms with van der Waals surface area (Å²) in [5.41, 5.74) is 10.3. The van der Waals surface area contributed by atoms with Gasteiger partial charge in [0.2, 0.25) is 0 Å². The summed E-state index contributed by atoms with van der Waals surface area (Å²) >= 11 is 0. The number of hydrogen-bond donors (Lipinski definition) is 5. The highest BCUT2D eigenvalue weighted by molar-refractivity contribution is 5.74. The number of nitrogens with zero attached hydrogens (tertiary/aromatic N) is 1. The summed E-state index contributed by atoms with van der Waals surface area (Å²) in [6.45, 7) is 0.410. The van der Waals surface area contributed by atoms with Crippen molar-refractivity contribution in [2.45, 2.75) is 25.1 Å². The molecule has 0 aliphatic heterocycles. The Bertz CT molecular complexity index is 210. The van der Waals surface area contributed by atoms with Gasteiger partial charge in [-0.15, -0.1) is 0 Å². The summed E-state index contributed by atoms with van der Waals surface area (Å²) in [5, 5.41) is 28.3. The smallest absolute Gasteiger partial charge is 0.328 e. The van der Waals surface area contributed by atoms with E-state index >= 15 is 0 Å². The fourth-order valence-electron chi connectivity index (χ4n) is 0.866. The van der Waals surface area contributed by atoms with Gasteiger partial charge in [0.25, 0.3) is 0 Å². The Labute approximate surface area is 80.9 Å². The van der Waals surface area contributed by atoms with Crippen LogP contribution in [0.2, 0.25) is 0 Å². The molecule has 0 aromatic rings. The van der Waals surface area contributed by atoms with Crippen LogP contribution in [0.1, 0.15) is 12.8 Å². The second-order valence-corrected chi connectivity index (χ2v) is 2.85. The van der Waals surface area contributed by atoms with E-state index in [4.69, 9.17) is 22.0 Å². The van der Waals surface area contributed by atoms with Gasteiger partial charge < -0.3 is 21.9 Å². The Hall–Kier alpha value is -1.41. The lowest BCUT2D eigenvalue weighted by Gasteiger charge is -2.11. The highest BCUT2D eigenvalue weighted by Gasteiger charge is 2.24. The first-order valence-electron chi connectivity index (χ1n) is 4.10. The Morgan fingerprint density at radius 3 is 2.71 bits per heavy atom. The molecule has 0 radical (unpaired) electrons. The third kappa shape index (κ3) is 5.27. The predicted molar refractivity (Wildman–Crippen MR) is 50.1 cm³/mol. The number of hydrogen-bond acceptors (Lipinski definition) is 5. The molecule has 14 heavy (non-hydrogen) atoms. The molecular weight excluding hydrogens is 190 g/mol. The monoisotopic (exact) mass is 205 g/mol. The number of rotatable bonds is 6. The Morgan fingerprint density at radius 2 is 2.29 bits per heavy atom. The molecule has 7 N–H and O–H groups in total. The number of nitro groups is 1. The topological polar surface area (TPSA) is 151 Å². The fourth-order valence-corrected chi connectivity index (χ4v) is 0.866.